The molecule has 0 radical (unpaired) electrons. The fraction of sp³-hybridized carbons (Fsp3) is 0.467. The van der Waals surface area contributed by atoms with Crippen molar-refractivity contribution >= 4 is 28.3 Å². The minimum absolute atomic E-state index is 0.134. The van der Waals surface area contributed by atoms with Gasteiger partial charge in [0.05, 0.1) is 6.04 Å². The Kier molecular flexibility index (Phi) is 5.96. The van der Waals surface area contributed by atoms with Gasteiger partial charge in [-0.3, -0.25) is 0 Å². The Morgan fingerprint density at radius 3 is 2.57 bits per heavy atom. The van der Waals surface area contributed by atoms with E-state index in [1.807, 2.05) is 24.3 Å². The van der Waals surface area contributed by atoms with Crippen LogP contribution < -0.4 is 5.32 Å². The van der Waals surface area contributed by atoms with Gasteiger partial charge in [-0.1, -0.05) is 37.6 Å². The number of nitrogens with zero attached hydrogens (tertiary/aromatic N) is 2. The maximum absolute atomic E-state index is 5.95. The molecule has 21 heavy (non-hydrogen) atoms. The first-order valence-corrected chi connectivity index (χ1v) is 8.10. The third kappa shape index (κ3) is 4.66. The summed E-state index contributed by atoms with van der Waals surface area (Å²) in [4.78, 5) is 4.53. The highest BCUT2D eigenvalue weighted by atomic mass is 35.5. The SMILES string of the molecule is COCCC(Nc1nc(C(C)C)ns1)c1ccc(Cl)cc1. The number of methoxy groups -OCH3 is 1. The predicted octanol–water partition coefficient (Wildman–Crippen LogP) is 4.50. The molecule has 1 unspecified atom stereocenters. The lowest BCUT2D eigenvalue weighted by Crippen LogP contribution is -2.13. The average Bonchev–Trinajstić information content (AvgIpc) is 2.93. The summed E-state index contributed by atoms with van der Waals surface area (Å²) in [5.41, 5.74) is 1.16. The summed E-state index contributed by atoms with van der Waals surface area (Å²) in [6.45, 7) is 4.86. The largest absolute Gasteiger partial charge is 0.385 e. The summed E-state index contributed by atoms with van der Waals surface area (Å²) in [6, 6.07) is 7.99. The average molecular weight is 326 g/mol. The number of benzene rings is 1. The Bertz CT molecular complexity index is 556. The lowest BCUT2D eigenvalue weighted by molar-refractivity contribution is 0.190. The zero-order valence-corrected chi connectivity index (χ0v) is 14.0. The standard InChI is InChI=1S/C15H20ClN3OS/c1-10(2)14-18-15(21-19-14)17-13(8-9-20-3)11-4-6-12(16)7-5-11/h4-7,10,13H,8-9H2,1-3H3,(H,17,18,19). The van der Waals surface area contributed by atoms with E-state index in [1.165, 1.54) is 11.5 Å². The Balaban J connectivity index is 2.13. The summed E-state index contributed by atoms with van der Waals surface area (Å²) >= 11 is 7.35. The van der Waals surface area contributed by atoms with Gasteiger partial charge < -0.3 is 10.1 Å². The molecule has 0 saturated carbocycles. The molecule has 0 fully saturated rings. The van der Waals surface area contributed by atoms with Crippen molar-refractivity contribution in [1.82, 2.24) is 9.36 Å². The molecule has 1 heterocycles. The molecule has 0 aliphatic heterocycles. The van der Waals surface area contributed by atoms with Crippen LogP contribution in [0.1, 0.15) is 43.6 Å². The molecule has 0 bridgehead atoms. The molecule has 0 amide bonds. The fourth-order valence-electron chi connectivity index (χ4n) is 1.93. The first kappa shape index (κ1) is 16.2. The molecule has 2 aromatic rings. The molecule has 1 aromatic heterocycles. The van der Waals surface area contributed by atoms with Crippen molar-refractivity contribution in [2.45, 2.75) is 32.2 Å². The Morgan fingerprint density at radius 2 is 2.00 bits per heavy atom. The fourth-order valence-corrected chi connectivity index (χ4v) is 2.82. The second kappa shape index (κ2) is 7.73. The number of rotatable bonds is 7. The Morgan fingerprint density at radius 1 is 1.29 bits per heavy atom. The van der Waals surface area contributed by atoms with Crippen LogP contribution in [-0.2, 0) is 4.74 Å². The van der Waals surface area contributed by atoms with Gasteiger partial charge in [-0.15, -0.1) is 0 Å². The van der Waals surface area contributed by atoms with Gasteiger partial charge in [-0.25, -0.2) is 4.98 Å². The highest BCUT2D eigenvalue weighted by Gasteiger charge is 2.15. The van der Waals surface area contributed by atoms with E-state index in [9.17, 15) is 0 Å². The van der Waals surface area contributed by atoms with E-state index in [2.05, 4.69) is 28.5 Å². The van der Waals surface area contributed by atoms with Crippen molar-refractivity contribution in [3.63, 3.8) is 0 Å². The van der Waals surface area contributed by atoms with Gasteiger partial charge in [0.2, 0.25) is 5.13 Å². The number of hydrogen-bond donors (Lipinski definition) is 1. The van der Waals surface area contributed by atoms with Gasteiger partial charge in [-0.05, 0) is 24.1 Å². The van der Waals surface area contributed by atoms with Gasteiger partial charge in [0.15, 0.2) is 0 Å². The summed E-state index contributed by atoms with van der Waals surface area (Å²) in [6.07, 6.45) is 0.856. The maximum atomic E-state index is 5.95. The van der Waals surface area contributed by atoms with Crippen LogP contribution in [0.2, 0.25) is 5.02 Å². The van der Waals surface area contributed by atoms with Gasteiger partial charge in [0, 0.05) is 36.2 Å². The van der Waals surface area contributed by atoms with Gasteiger partial charge in [0.1, 0.15) is 5.82 Å². The van der Waals surface area contributed by atoms with Crippen molar-refractivity contribution in [2.75, 3.05) is 19.0 Å². The van der Waals surface area contributed by atoms with E-state index in [0.717, 1.165) is 28.0 Å². The molecule has 2 rings (SSSR count). The van der Waals surface area contributed by atoms with Crippen molar-refractivity contribution in [2.24, 2.45) is 0 Å². The van der Waals surface area contributed by atoms with Crippen LogP contribution in [0.3, 0.4) is 0 Å². The van der Waals surface area contributed by atoms with Gasteiger partial charge in [0.25, 0.3) is 0 Å². The van der Waals surface area contributed by atoms with Crippen LogP contribution in [0, 0.1) is 0 Å². The van der Waals surface area contributed by atoms with Gasteiger partial charge in [-0.2, -0.15) is 4.37 Å². The smallest absolute Gasteiger partial charge is 0.203 e. The lowest BCUT2D eigenvalue weighted by atomic mass is 10.0. The molecule has 4 nitrogen and oxygen atoms in total. The molecule has 0 aliphatic carbocycles. The molecular formula is C15H20ClN3OS. The quantitative estimate of drug-likeness (QED) is 0.814. The third-order valence-corrected chi connectivity index (χ3v) is 4.05. The van der Waals surface area contributed by atoms with E-state index >= 15 is 0 Å². The first-order chi connectivity index (χ1) is 10.1. The minimum Gasteiger partial charge on any atom is -0.385 e. The number of halogens is 1. The normalized spacial score (nSPS) is 12.6. The number of aromatic nitrogens is 2. The molecule has 6 heteroatoms. The first-order valence-electron chi connectivity index (χ1n) is 6.94. The number of ether oxygens (including phenoxy) is 1. The highest BCUT2D eigenvalue weighted by molar-refractivity contribution is 7.09. The predicted molar refractivity (Wildman–Crippen MR) is 88.3 cm³/mol. The van der Waals surface area contributed by atoms with Crippen LogP contribution in [-0.4, -0.2) is 23.1 Å². The monoisotopic (exact) mass is 325 g/mol. The molecule has 1 aromatic carbocycles. The molecule has 0 saturated heterocycles. The zero-order valence-electron chi connectivity index (χ0n) is 12.5. The minimum atomic E-state index is 0.134. The van der Waals surface area contributed by atoms with Crippen LogP contribution >= 0.6 is 23.1 Å². The molecule has 114 valence electrons. The second-order valence-electron chi connectivity index (χ2n) is 5.14. The van der Waals surface area contributed by atoms with Crippen molar-refractivity contribution in [1.29, 1.82) is 0 Å². The van der Waals surface area contributed by atoms with Crippen LogP contribution in [0.25, 0.3) is 0 Å². The summed E-state index contributed by atoms with van der Waals surface area (Å²) in [5, 5.41) is 5.03. The topological polar surface area (TPSA) is 47.0 Å². The van der Waals surface area contributed by atoms with E-state index in [-0.39, 0.29) is 6.04 Å². The van der Waals surface area contributed by atoms with Gasteiger partial charge >= 0.3 is 0 Å². The van der Waals surface area contributed by atoms with E-state index < -0.39 is 0 Å². The van der Waals surface area contributed by atoms with Crippen LogP contribution in [0.15, 0.2) is 24.3 Å². The molecule has 0 aliphatic rings. The van der Waals surface area contributed by atoms with E-state index in [4.69, 9.17) is 16.3 Å². The number of nitrogens with one attached hydrogen (secondary N) is 1. The molecular weight excluding hydrogens is 306 g/mol. The summed E-state index contributed by atoms with van der Waals surface area (Å²) in [5.74, 6) is 1.22. The van der Waals surface area contributed by atoms with E-state index in [0.29, 0.717) is 12.5 Å². The number of anilines is 1. The highest BCUT2D eigenvalue weighted by Crippen LogP contribution is 2.26. The lowest BCUT2D eigenvalue weighted by Gasteiger charge is -2.18. The molecule has 1 N–H and O–H groups in total. The van der Waals surface area contributed by atoms with Crippen molar-refractivity contribution in [3.8, 4) is 0 Å². The summed E-state index contributed by atoms with van der Waals surface area (Å²) < 4.78 is 9.57. The number of hydrogen-bond acceptors (Lipinski definition) is 5. The van der Waals surface area contributed by atoms with E-state index in [1.54, 1.807) is 7.11 Å². The van der Waals surface area contributed by atoms with Crippen LogP contribution in [0.4, 0.5) is 5.13 Å². The maximum Gasteiger partial charge on any atom is 0.203 e. The van der Waals surface area contributed by atoms with Crippen molar-refractivity contribution < 1.29 is 4.74 Å². The Hall–Kier alpha value is -1.17. The third-order valence-electron chi connectivity index (χ3n) is 3.14. The van der Waals surface area contributed by atoms with Crippen molar-refractivity contribution in [3.05, 3.63) is 40.7 Å². The zero-order chi connectivity index (χ0) is 15.2. The second-order valence-corrected chi connectivity index (χ2v) is 6.33. The summed E-state index contributed by atoms with van der Waals surface area (Å²) in [7, 11) is 1.71. The Labute approximate surface area is 134 Å². The van der Waals surface area contributed by atoms with Crippen LogP contribution in [0.5, 0.6) is 0 Å². The molecule has 1 atom stereocenters. The molecule has 0 spiro atoms.